The third kappa shape index (κ3) is 2.10. The summed E-state index contributed by atoms with van der Waals surface area (Å²) in [6, 6.07) is 0.633. The zero-order valence-electron chi connectivity index (χ0n) is 9.21. The number of rotatable bonds is 1. The predicted octanol–water partition coefficient (Wildman–Crippen LogP) is 1.32. The Morgan fingerprint density at radius 1 is 1.29 bits per heavy atom. The molecule has 1 spiro atoms. The van der Waals surface area contributed by atoms with Crippen LogP contribution in [0.5, 0.6) is 0 Å². The minimum Gasteiger partial charge on any atom is -0.378 e. The van der Waals surface area contributed by atoms with Crippen molar-refractivity contribution in [2.45, 2.75) is 50.4 Å². The molecule has 14 heavy (non-hydrogen) atoms. The molecule has 1 N–H and O–H groups in total. The molecule has 2 heterocycles. The van der Waals surface area contributed by atoms with Gasteiger partial charge in [-0.2, -0.15) is 0 Å². The van der Waals surface area contributed by atoms with Crippen molar-refractivity contribution in [3.05, 3.63) is 0 Å². The van der Waals surface area contributed by atoms with E-state index in [1.807, 2.05) is 7.05 Å². The van der Waals surface area contributed by atoms with Gasteiger partial charge in [-0.15, -0.1) is 0 Å². The molecule has 82 valence electrons. The molecule has 0 aliphatic carbocycles. The largest absolute Gasteiger partial charge is 0.378 e. The van der Waals surface area contributed by atoms with Gasteiger partial charge in [0, 0.05) is 25.7 Å². The maximum absolute atomic E-state index is 5.99. The first-order chi connectivity index (χ1) is 6.74. The molecule has 0 aromatic rings. The summed E-state index contributed by atoms with van der Waals surface area (Å²) < 4.78 is 11.6. The molecule has 3 atom stereocenters. The van der Waals surface area contributed by atoms with E-state index in [1.165, 1.54) is 0 Å². The van der Waals surface area contributed by atoms with Gasteiger partial charge < -0.3 is 14.8 Å². The molecule has 0 saturated carbocycles. The minimum atomic E-state index is 0.115. The normalized spacial score (nSPS) is 44.1. The van der Waals surface area contributed by atoms with Crippen LogP contribution in [-0.4, -0.2) is 38.0 Å². The van der Waals surface area contributed by atoms with Gasteiger partial charge in [0.1, 0.15) is 0 Å². The van der Waals surface area contributed by atoms with Crippen molar-refractivity contribution in [3.8, 4) is 0 Å². The molecule has 2 aliphatic rings. The van der Waals surface area contributed by atoms with Gasteiger partial charge in [-0.05, 0) is 33.2 Å². The molecule has 3 unspecified atom stereocenters. The quantitative estimate of drug-likeness (QED) is 0.691. The van der Waals surface area contributed by atoms with Crippen LogP contribution >= 0.6 is 0 Å². The molecule has 0 aromatic heterocycles. The van der Waals surface area contributed by atoms with Crippen LogP contribution in [0.2, 0.25) is 0 Å². The van der Waals surface area contributed by atoms with Crippen molar-refractivity contribution in [3.63, 3.8) is 0 Å². The molecule has 3 nitrogen and oxygen atoms in total. The van der Waals surface area contributed by atoms with Gasteiger partial charge in [0.2, 0.25) is 0 Å². The number of hydrogen-bond acceptors (Lipinski definition) is 3. The van der Waals surface area contributed by atoms with Crippen LogP contribution in [0.15, 0.2) is 0 Å². The Hall–Kier alpha value is -0.120. The summed E-state index contributed by atoms with van der Waals surface area (Å²) in [6.45, 7) is 3.91. The van der Waals surface area contributed by atoms with E-state index in [0.717, 1.165) is 38.9 Å². The lowest BCUT2D eigenvalue weighted by atomic mass is 9.82. The van der Waals surface area contributed by atoms with Crippen molar-refractivity contribution in [1.29, 1.82) is 0 Å². The average molecular weight is 199 g/mol. The highest BCUT2D eigenvalue weighted by atomic mass is 16.5. The SMILES string of the molecule is CNC1CCOC2(CCOC(C)C2)C1. The molecule has 2 saturated heterocycles. The lowest BCUT2D eigenvalue weighted by Crippen LogP contribution is -2.50. The first-order valence-corrected chi connectivity index (χ1v) is 5.67. The van der Waals surface area contributed by atoms with E-state index in [-0.39, 0.29) is 5.60 Å². The van der Waals surface area contributed by atoms with Gasteiger partial charge >= 0.3 is 0 Å². The summed E-state index contributed by atoms with van der Waals surface area (Å²) in [6.07, 6.45) is 4.78. The summed E-state index contributed by atoms with van der Waals surface area (Å²) >= 11 is 0. The van der Waals surface area contributed by atoms with E-state index in [0.29, 0.717) is 12.1 Å². The van der Waals surface area contributed by atoms with Gasteiger partial charge in [-0.3, -0.25) is 0 Å². The first-order valence-electron chi connectivity index (χ1n) is 5.67. The second kappa shape index (κ2) is 4.17. The zero-order valence-corrected chi connectivity index (χ0v) is 9.21. The number of nitrogens with one attached hydrogen (secondary N) is 1. The van der Waals surface area contributed by atoms with Crippen LogP contribution in [0.3, 0.4) is 0 Å². The first kappa shape index (κ1) is 10.4. The molecule has 3 heteroatoms. The molecule has 2 aliphatic heterocycles. The van der Waals surface area contributed by atoms with Crippen molar-refractivity contribution in [2.75, 3.05) is 20.3 Å². The molecule has 0 bridgehead atoms. The highest BCUT2D eigenvalue weighted by Crippen LogP contribution is 2.36. The molecular weight excluding hydrogens is 178 g/mol. The van der Waals surface area contributed by atoms with E-state index in [4.69, 9.17) is 9.47 Å². The maximum atomic E-state index is 5.99. The van der Waals surface area contributed by atoms with Crippen LogP contribution in [0.1, 0.15) is 32.6 Å². The van der Waals surface area contributed by atoms with E-state index >= 15 is 0 Å². The van der Waals surface area contributed by atoms with Gasteiger partial charge in [0.15, 0.2) is 0 Å². The van der Waals surface area contributed by atoms with E-state index in [1.54, 1.807) is 0 Å². The van der Waals surface area contributed by atoms with Crippen molar-refractivity contribution >= 4 is 0 Å². The van der Waals surface area contributed by atoms with Crippen LogP contribution in [-0.2, 0) is 9.47 Å². The fourth-order valence-corrected chi connectivity index (χ4v) is 2.72. The van der Waals surface area contributed by atoms with Gasteiger partial charge in [-0.25, -0.2) is 0 Å². The fraction of sp³-hybridized carbons (Fsp3) is 1.00. The van der Waals surface area contributed by atoms with Crippen LogP contribution in [0.4, 0.5) is 0 Å². The third-order valence-corrected chi connectivity index (χ3v) is 3.52. The minimum absolute atomic E-state index is 0.115. The Morgan fingerprint density at radius 3 is 2.86 bits per heavy atom. The van der Waals surface area contributed by atoms with Crippen molar-refractivity contribution in [2.24, 2.45) is 0 Å². The number of hydrogen-bond donors (Lipinski definition) is 1. The highest BCUT2D eigenvalue weighted by molar-refractivity contribution is 4.92. The smallest absolute Gasteiger partial charge is 0.0743 e. The summed E-state index contributed by atoms with van der Waals surface area (Å²) in [5.74, 6) is 0. The van der Waals surface area contributed by atoms with Gasteiger partial charge in [0.05, 0.1) is 11.7 Å². The van der Waals surface area contributed by atoms with Crippen molar-refractivity contribution < 1.29 is 9.47 Å². The van der Waals surface area contributed by atoms with Crippen molar-refractivity contribution in [1.82, 2.24) is 5.32 Å². The summed E-state index contributed by atoms with van der Waals surface area (Å²) in [5, 5.41) is 3.37. The lowest BCUT2D eigenvalue weighted by Gasteiger charge is -2.45. The average Bonchev–Trinajstić information content (AvgIpc) is 2.17. The monoisotopic (exact) mass is 199 g/mol. The summed E-state index contributed by atoms with van der Waals surface area (Å²) in [7, 11) is 2.05. The summed E-state index contributed by atoms with van der Waals surface area (Å²) in [4.78, 5) is 0. The Bertz CT molecular complexity index is 194. The van der Waals surface area contributed by atoms with Crippen LogP contribution < -0.4 is 5.32 Å². The zero-order chi connectivity index (χ0) is 10.0. The van der Waals surface area contributed by atoms with E-state index in [9.17, 15) is 0 Å². The second-order valence-electron chi connectivity index (χ2n) is 4.65. The van der Waals surface area contributed by atoms with E-state index < -0.39 is 0 Å². The highest BCUT2D eigenvalue weighted by Gasteiger charge is 2.40. The van der Waals surface area contributed by atoms with Crippen LogP contribution in [0, 0.1) is 0 Å². The number of ether oxygens (including phenoxy) is 2. The standard InChI is InChI=1S/C11H21NO2/c1-9-7-11(4-6-13-9)8-10(12-2)3-5-14-11/h9-10,12H,3-8H2,1-2H3. The Labute approximate surface area is 86.2 Å². The molecular formula is C11H21NO2. The third-order valence-electron chi connectivity index (χ3n) is 3.52. The van der Waals surface area contributed by atoms with Gasteiger partial charge in [0.25, 0.3) is 0 Å². The second-order valence-corrected chi connectivity index (χ2v) is 4.65. The molecule has 2 rings (SSSR count). The lowest BCUT2D eigenvalue weighted by molar-refractivity contribution is -0.158. The molecule has 0 radical (unpaired) electrons. The molecule has 0 aromatic carbocycles. The Kier molecular flexibility index (Phi) is 3.10. The van der Waals surface area contributed by atoms with Crippen LogP contribution in [0.25, 0.3) is 0 Å². The Morgan fingerprint density at radius 2 is 2.14 bits per heavy atom. The molecule has 2 fully saturated rings. The fourth-order valence-electron chi connectivity index (χ4n) is 2.72. The maximum Gasteiger partial charge on any atom is 0.0743 e. The van der Waals surface area contributed by atoms with Gasteiger partial charge in [-0.1, -0.05) is 0 Å². The topological polar surface area (TPSA) is 30.5 Å². The predicted molar refractivity (Wildman–Crippen MR) is 55.4 cm³/mol. The molecule has 0 amide bonds. The summed E-state index contributed by atoms with van der Waals surface area (Å²) in [5.41, 5.74) is 0.115. The van der Waals surface area contributed by atoms with E-state index in [2.05, 4.69) is 12.2 Å². The Balaban J connectivity index is 1.99.